The molecule has 12 heavy (non-hydrogen) atoms. The first-order valence-electron chi connectivity index (χ1n) is 2.82. The highest BCUT2D eigenvalue weighted by Gasteiger charge is 2.13. The van der Waals surface area contributed by atoms with Gasteiger partial charge in [-0.2, -0.15) is 0 Å². The molecule has 0 aliphatic rings. The number of alkyl halides is 2. The molecule has 1 rings (SSSR count). The first-order chi connectivity index (χ1) is 5.52. The summed E-state index contributed by atoms with van der Waals surface area (Å²) < 4.78 is 24.6. The van der Waals surface area contributed by atoms with E-state index in [0.29, 0.717) is 3.57 Å². The molecule has 0 aliphatic heterocycles. The van der Waals surface area contributed by atoms with Crippen molar-refractivity contribution < 1.29 is 8.78 Å². The van der Waals surface area contributed by atoms with Crippen LogP contribution in [0.1, 0.15) is 12.1 Å². The SMILES string of the molecule is FC(F)c1cc(Cl)c(I)c(Cl)n1. The van der Waals surface area contributed by atoms with E-state index in [-0.39, 0.29) is 10.2 Å². The third-order valence-electron chi connectivity index (χ3n) is 1.12. The van der Waals surface area contributed by atoms with Gasteiger partial charge in [-0.3, -0.25) is 0 Å². The third-order valence-corrected chi connectivity index (χ3v) is 3.42. The Balaban J connectivity index is 3.21. The van der Waals surface area contributed by atoms with Gasteiger partial charge in [0.2, 0.25) is 0 Å². The van der Waals surface area contributed by atoms with Crippen molar-refractivity contribution in [1.82, 2.24) is 4.98 Å². The van der Waals surface area contributed by atoms with Crippen LogP contribution < -0.4 is 0 Å². The molecule has 6 heteroatoms. The van der Waals surface area contributed by atoms with Gasteiger partial charge in [-0.1, -0.05) is 23.2 Å². The minimum Gasteiger partial charge on any atom is -0.234 e. The van der Waals surface area contributed by atoms with Crippen molar-refractivity contribution in [3.05, 3.63) is 25.5 Å². The summed E-state index contributed by atoms with van der Waals surface area (Å²) in [5.41, 5.74) is -0.398. The predicted molar refractivity (Wildman–Crippen MR) is 51.9 cm³/mol. The fraction of sp³-hybridized carbons (Fsp3) is 0.167. The number of nitrogens with zero attached hydrogens (tertiary/aromatic N) is 1. The number of hydrogen-bond donors (Lipinski definition) is 0. The van der Waals surface area contributed by atoms with E-state index >= 15 is 0 Å². The molecule has 66 valence electrons. The highest BCUT2D eigenvalue weighted by molar-refractivity contribution is 14.1. The van der Waals surface area contributed by atoms with Crippen LogP contribution in [0.15, 0.2) is 6.07 Å². The second-order valence-corrected chi connectivity index (χ2v) is 3.78. The molecule has 0 aliphatic carbocycles. The van der Waals surface area contributed by atoms with E-state index in [1.807, 2.05) is 22.6 Å². The molecule has 0 saturated carbocycles. The highest BCUT2D eigenvalue weighted by atomic mass is 127. The Morgan fingerprint density at radius 1 is 1.42 bits per heavy atom. The van der Waals surface area contributed by atoms with Crippen LogP contribution in [0.3, 0.4) is 0 Å². The Hall–Kier alpha value is 0.320. The summed E-state index contributed by atoms with van der Waals surface area (Å²) in [5, 5.41) is 0.212. The molecular formula is C6H2Cl2F2IN. The van der Waals surface area contributed by atoms with Crippen LogP contribution in [0.25, 0.3) is 0 Å². The van der Waals surface area contributed by atoms with Crippen LogP contribution in [0, 0.1) is 3.57 Å². The van der Waals surface area contributed by atoms with Crippen molar-refractivity contribution in [1.29, 1.82) is 0 Å². The molecule has 1 aromatic heterocycles. The first-order valence-corrected chi connectivity index (χ1v) is 4.65. The van der Waals surface area contributed by atoms with Gasteiger partial charge < -0.3 is 0 Å². The van der Waals surface area contributed by atoms with Gasteiger partial charge in [-0.05, 0) is 28.7 Å². The zero-order valence-electron chi connectivity index (χ0n) is 5.49. The fourth-order valence-electron chi connectivity index (χ4n) is 0.598. The van der Waals surface area contributed by atoms with Gasteiger partial charge in [-0.15, -0.1) is 0 Å². The minimum atomic E-state index is -2.64. The summed E-state index contributed by atoms with van der Waals surface area (Å²) in [5.74, 6) is 0. The van der Waals surface area contributed by atoms with Crippen LogP contribution in [0.5, 0.6) is 0 Å². The lowest BCUT2D eigenvalue weighted by atomic mass is 10.4. The summed E-state index contributed by atoms with van der Waals surface area (Å²) in [7, 11) is 0. The molecule has 0 fully saturated rings. The highest BCUT2D eigenvalue weighted by Crippen LogP contribution is 2.28. The molecule has 0 saturated heterocycles. The molecule has 1 nitrogen and oxygen atoms in total. The second kappa shape index (κ2) is 4.02. The Morgan fingerprint density at radius 3 is 2.42 bits per heavy atom. The molecule has 0 spiro atoms. The maximum absolute atomic E-state index is 12.1. The van der Waals surface area contributed by atoms with E-state index < -0.39 is 12.1 Å². The molecule has 0 amide bonds. The predicted octanol–water partition coefficient (Wildman–Crippen LogP) is 3.93. The van der Waals surface area contributed by atoms with Gasteiger partial charge in [0.15, 0.2) is 0 Å². The summed E-state index contributed by atoms with van der Waals surface area (Å²) in [6.07, 6.45) is -2.64. The number of hydrogen-bond acceptors (Lipinski definition) is 1. The summed E-state index contributed by atoms with van der Waals surface area (Å²) in [6, 6.07) is 1.11. The number of rotatable bonds is 1. The number of pyridine rings is 1. The van der Waals surface area contributed by atoms with E-state index in [2.05, 4.69) is 4.98 Å². The average molecular weight is 324 g/mol. The molecule has 0 bridgehead atoms. The zero-order chi connectivity index (χ0) is 9.30. The molecule has 0 N–H and O–H groups in total. The lowest BCUT2D eigenvalue weighted by Crippen LogP contribution is -1.92. The van der Waals surface area contributed by atoms with E-state index in [1.54, 1.807) is 0 Å². The van der Waals surface area contributed by atoms with Gasteiger partial charge >= 0.3 is 0 Å². The Bertz CT molecular complexity index is 283. The normalized spacial score (nSPS) is 10.8. The maximum Gasteiger partial charge on any atom is 0.280 e. The van der Waals surface area contributed by atoms with Crippen molar-refractivity contribution in [2.45, 2.75) is 6.43 Å². The van der Waals surface area contributed by atoms with Crippen LogP contribution in [0.2, 0.25) is 10.2 Å². The van der Waals surface area contributed by atoms with Crippen molar-refractivity contribution >= 4 is 45.8 Å². The van der Waals surface area contributed by atoms with Gasteiger partial charge in [0.25, 0.3) is 6.43 Å². The van der Waals surface area contributed by atoms with Crippen LogP contribution >= 0.6 is 45.8 Å². The minimum absolute atomic E-state index is 0.0124. The third kappa shape index (κ3) is 2.17. The molecule has 1 aromatic rings. The van der Waals surface area contributed by atoms with Gasteiger partial charge in [0.05, 0.1) is 8.59 Å². The largest absolute Gasteiger partial charge is 0.280 e. The number of halogens is 5. The maximum atomic E-state index is 12.1. The lowest BCUT2D eigenvalue weighted by molar-refractivity contribution is 0.146. The van der Waals surface area contributed by atoms with E-state index in [1.165, 1.54) is 0 Å². The molecule has 0 unspecified atom stereocenters. The summed E-state index contributed by atoms with van der Waals surface area (Å²) in [6.45, 7) is 0. The smallest absolute Gasteiger partial charge is 0.234 e. The van der Waals surface area contributed by atoms with Gasteiger partial charge in [-0.25, -0.2) is 13.8 Å². The molecule has 0 atom stereocenters. The Morgan fingerprint density at radius 2 is 2.00 bits per heavy atom. The fourth-order valence-corrected chi connectivity index (χ4v) is 1.32. The van der Waals surface area contributed by atoms with E-state index in [0.717, 1.165) is 6.07 Å². The lowest BCUT2D eigenvalue weighted by Gasteiger charge is -2.02. The molecule has 1 heterocycles. The van der Waals surface area contributed by atoms with Crippen LogP contribution in [-0.2, 0) is 0 Å². The van der Waals surface area contributed by atoms with Crippen molar-refractivity contribution in [2.24, 2.45) is 0 Å². The van der Waals surface area contributed by atoms with Gasteiger partial charge in [0, 0.05) is 0 Å². The first kappa shape index (κ1) is 10.4. The van der Waals surface area contributed by atoms with Crippen molar-refractivity contribution in [2.75, 3.05) is 0 Å². The van der Waals surface area contributed by atoms with E-state index in [9.17, 15) is 8.78 Å². The van der Waals surface area contributed by atoms with Crippen LogP contribution in [0.4, 0.5) is 8.78 Å². The van der Waals surface area contributed by atoms with Crippen molar-refractivity contribution in [3.8, 4) is 0 Å². The number of aromatic nitrogens is 1. The van der Waals surface area contributed by atoms with Crippen molar-refractivity contribution in [3.63, 3.8) is 0 Å². The Labute approximate surface area is 91.2 Å². The van der Waals surface area contributed by atoms with E-state index in [4.69, 9.17) is 23.2 Å². The second-order valence-electron chi connectivity index (χ2n) is 1.93. The van der Waals surface area contributed by atoms with Crippen LogP contribution in [-0.4, -0.2) is 4.98 Å². The standard InChI is InChI=1S/C6H2Cl2F2IN/c7-2-1-3(6(9)10)12-5(8)4(2)11/h1,6H. The topological polar surface area (TPSA) is 12.9 Å². The van der Waals surface area contributed by atoms with Gasteiger partial charge in [0.1, 0.15) is 10.8 Å². The molecule has 0 radical (unpaired) electrons. The quantitative estimate of drug-likeness (QED) is 0.563. The zero-order valence-corrected chi connectivity index (χ0v) is 9.16. The summed E-state index contributed by atoms with van der Waals surface area (Å²) >= 11 is 13.0. The summed E-state index contributed by atoms with van der Waals surface area (Å²) in [4.78, 5) is 3.46. The average Bonchev–Trinajstić information content (AvgIpc) is 1.99. The molecular weight excluding hydrogens is 322 g/mol. The monoisotopic (exact) mass is 323 g/mol. The molecule has 0 aromatic carbocycles. The Kier molecular flexibility index (Phi) is 3.48.